The summed E-state index contributed by atoms with van der Waals surface area (Å²) in [6, 6.07) is 4.10. The lowest BCUT2D eigenvalue weighted by Crippen LogP contribution is -2.34. The van der Waals surface area contributed by atoms with E-state index < -0.39 is 0 Å². The third-order valence-corrected chi connectivity index (χ3v) is 3.49. The van der Waals surface area contributed by atoms with Gasteiger partial charge in [0.25, 0.3) is 0 Å². The van der Waals surface area contributed by atoms with Crippen molar-refractivity contribution in [2.45, 2.75) is 6.04 Å². The van der Waals surface area contributed by atoms with Gasteiger partial charge in [-0.3, -0.25) is 0 Å². The number of methoxy groups -OCH3 is 2. The summed E-state index contributed by atoms with van der Waals surface area (Å²) in [7, 11) is 3.27. The van der Waals surface area contributed by atoms with E-state index in [-0.39, 0.29) is 18.4 Å². The van der Waals surface area contributed by atoms with Crippen LogP contribution in [-0.4, -0.2) is 34.0 Å². The van der Waals surface area contributed by atoms with E-state index >= 15 is 0 Å². The lowest BCUT2D eigenvalue weighted by molar-refractivity contribution is 0.0766. The van der Waals surface area contributed by atoms with Crippen molar-refractivity contribution in [2.75, 3.05) is 34.0 Å². The molecule has 0 spiro atoms. The van der Waals surface area contributed by atoms with Gasteiger partial charge in [-0.25, -0.2) is 0 Å². The molecule has 2 rings (SSSR count). The summed E-state index contributed by atoms with van der Waals surface area (Å²) >= 11 is 3.56. The van der Waals surface area contributed by atoms with Crippen LogP contribution in [0.2, 0.25) is 0 Å². The van der Waals surface area contributed by atoms with Crippen molar-refractivity contribution in [3.05, 3.63) is 22.2 Å². The standard InChI is InChI=1S/C12H16BrNO3.ClH/c1-15-11-5-8(9(13)6-12(11)16-2)10-7-17-4-3-14-10;/h5-6,10,14H,3-4,7H2,1-2H3;1H/t10-;/m1./s1. The minimum Gasteiger partial charge on any atom is -0.493 e. The van der Waals surface area contributed by atoms with Gasteiger partial charge in [0, 0.05) is 11.0 Å². The zero-order valence-electron chi connectivity index (χ0n) is 10.4. The maximum absolute atomic E-state index is 5.47. The highest BCUT2D eigenvalue weighted by atomic mass is 79.9. The third kappa shape index (κ3) is 3.29. The van der Waals surface area contributed by atoms with Gasteiger partial charge < -0.3 is 19.5 Å². The summed E-state index contributed by atoms with van der Waals surface area (Å²) in [4.78, 5) is 0. The number of rotatable bonds is 3. The van der Waals surface area contributed by atoms with Crippen LogP contribution in [0.5, 0.6) is 11.5 Å². The molecule has 1 aromatic carbocycles. The number of halogens is 2. The summed E-state index contributed by atoms with van der Waals surface area (Å²) in [5, 5.41) is 3.41. The lowest BCUT2D eigenvalue weighted by Gasteiger charge is -2.25. The van der Waals surface area contributed by atoms with Crippen LogP contribution in [0.1, 0.15) is 11.6 Å². The summed E-state index contributed by atoms with van der Waals surface area (Å²) in [6.07, 6.45) is 0. The third-order valence-electron chi connectivity index (χ3n) is 2.80. The predicted molar refractivity (Wildman–Crippen MR) is 76.1 cm³/mol. The molecule has 0 aliphatic carbocycles. The van der Waals surface area contributed by atoms with Gasteiger partial charge in [0.05, 0.1) is 33.5 Å². The zero-order valence-corrected chi connectivity index (χ0v) is 12.8. The number of ether oxygens (including phenoxy) is 3. The first-order valence-corrected chi connectivity index (χ1v) is 6.28. The van der Waals surface area contributed by atoms with E-state index in [1.165, 1.54) is 0 Å². The molecule has 1 aromatic rings. The Morgan fingerprint density at radius 2 is 1.94 bits per heavy atom. The van der Waals surface area contributed by atoms with Crippen molar-refractivity contribution >= 4 is 28.3 Å². The van der Waals surface area contributed by atoms with Crippen molar-refractivity contribution in [2.24, 2.45) is 0 Å². The zero-order chi connectivity index (χ0) is 12.3. The molecule has 0 radical (unpaired) electrons. The molecule has 1 fully saturated rings. The molecule has 6 heteroatoms. The highest BCUT2D eigenvalue weighted by molar-refractivity contribution is 9.10. The smallest absolute Gasteiger partial charge is 0.161 e. The molecule has 1 aliphatic rings. The van der Waals surface area contributed by atoms with E-state index in [4.69, 9.17) is 14.2 Å². The quantitative estimate of drug-likeness (QED) is 0.919. The molecule has 1 atom stereocenters. The van der Waals surface area contributed by atoms with Gasteiger partial charge >= 0.3 is 0 Å². The fraction of sp³-hybridized carbons (Fsp3) is 0.500. The van der Waals surface area contributed by atoms with Gasteiger partial charge in [0.15, 0.2) is 11.5 Å². The Kier molecular flexibility index (Phi) is 6.21. The van der Waals surface area contributed by atoms with Gasteiger partial charge in [-0.15, -0.1) is 12.4 Å². The summed E-state index contributed by atoms with van der Waals surface area (Å²) < 4.78 is 17.0. The second kappa shape index (κ2) is 7.19. The van der Waals surface area contributed by atoms with Gasteiger partial charge in [0.2, 0.25) is 0 Å². The second-order valence-electron chi connectivity index (χ2n) is 3.81. The van der Waals surface area contributed by atoms with Crippen LogP contribution in [0.3, 0.4) is 0 Å². The Hall–Kier alpha value is -0.490. The second-order valence-corrected chi connectivity index (χ2v) is 4.66. The highest BCUT2D eigenvalue weighted by Gasteiger charge is 2.20. The van der Waals surface area contributed by atoms with Crippen LogP contribution in [0.15, 0.2) is 16.6 Å². The van der Waals surface area contributed by atoms with Crippen molar-refractivity contribution in [1.29, 1.82) is 0 Å². The largest absolute Gasteiger partial charge is 0.493 e. The maximum Gasteiger partial charge on any atom is 0.161 e. The molecular formula is C12H17BrClNO3. The van der Waals surface area contributed by atoms with Crippen LogP contribution >= 0.6 is 28.3 Å². The average molecular weight is 339 g/mol. The van der Waals surface area contributed by atoms with E-state index in [0.717, 1.165) is 34.7 Å². The molecule has 102 valence electrons. The van der Waals surface area contributed by atoms with Gasteiger partial charge in [0.1, 0.15) is 0 Å². The van der Waals surface area contributed by atoms with Crippen molar-refractivity contribution in [3.63, 3.8) is 0 Å². The van der Waals surface area contributed by atoms with Crippen LogP contribution in [0, 0.1) is 0 Å². The molecule has 1 heterocycles. The number of morpholine rings is 1. The Balaban J connectivity index is 0.00000162. The van der Waals surface area contributed by atoms with Gasteiger partial charge in [-0.2, -0.15) is 0 Å². The molecule has 0 saturated carbocycles. The first kappa shape index (κ1) is 15.6. The highest BCUT2D eigenvalue weighted by Crippen LogP contribution is 2.36. The van der Waals surface area contributed by atoms with Gasteiger partial charge in [-0.05, 0) is 17.7 Å². The molecule has 1 aliphatic heterocycles. The molecule has 1 N–H and O–H groups in total. The summed E-state index contributed by atoms with van der Waals surface area (Å²) in [5.41, 5.74) is 1.13. The fourth-order valence-corrected chi connectivity index (χ4v) is 2.50. The first-order chi connectivity index (χ1) is 8.26. The van der Waals surface area contributed by atoms with Crippen LogP contribution in [-0.2, 0) is 4.74 Å². The van der Waals surface area contributed by atoms with Crippen molar-refractivity contribution in [3.8, 4) is 11.5 Å². The lowest BCUT2D eigenvalue weighted by atomic mass is 10.1. The molecule has 0 bridgehead atoms. The SMILES string of the molecule is COc1cc(Br)c([C@H]2COCCN2)cc1OC.Cl. The van der Waals surface area contributed by atoms with Crippen molar-refractivity contribution in [1.82, 2.24) is 5.32 Å². The van der Waals surface area contributed by atoms with E-state index in [0.29, 0.717) is 6.61 Å². The normalized spacial score (nSPS) is 18.9. The van der Waals surface area contributed by atoms with Crippen LogP contribution in [0.25, 0.3) is 0 Å². The van der Waals surface area contributed by atoms with E-state index in [9.17, 15) is 0 Å². The van der Waals surface area contributed by atoms with Crippen LogP contribution < -0.4 is 14.8 Å². The van der Waals surface area contributed by atoms with Crippen LogP contribution in [0.4, 0.5) is 0 Å². The Labute approximate surface area is 122 Å². The van der Waals surface area contributed by atoms with E-state index in [1.54, 1.807) is 14.2 Å². The molecule has 1 saturated heterocycles. The summed E-state index contributed by atoms with van der Waals surface area (Å²) in [5.74, 6) is 1.46. The topological polar surface area (TPSA) is 39.7 Å². The monoisotopic (exact) mass is 337 g/mol. The first-order valence-electron chi connectivity index (χ1n) is 5.48. The Morgan fingerprint density at radius 3 is 2.50 bits per heavy atom. The predicted octanol–water partition coefficient (Wildman–Crippen LogP) is 2.55. The maximum atomic E-state index is 5.47. The minimum absolute atomic E-state index is 0. The molecule has 0 aromatic heterocycles. The van der Waals surface area contributed by atoms with E-state index in [1.807, 2.05) is 12.1 Å². The van der Waals surface area contributed by atoms with Crippen molar-refractivity contribution < 1.29 is 14.2 Å². The number of nitrogens with one attached hydrogen (secondary N) is 1. The molecule has 18 heavy (non-hydrogen) atoms. The minimum atomic E-state index is 0. The number of benzene rings is 1. The average Bonchev–Trinajstić information content (AvgIpc) is 2.39. The number of hydrogen-bond acceptors (Lipinski definition) is 4. The molecule has 0 amide bonds. The summed E-state index contributed by atoms with van der Waals surface area (Å²) in [6.45, 7) is 2.31. The van der Waals surface area contributed by atoms with Gasteiger partial charge in [-0.1, -0.05) is 15.9 Å². The Bertz CT molecular complexity index is 397. The Morgan fingerprint density at radius 1 is 1.28 bits per heavy atom. The van der Waals surface area contributed by atoms with E-state index in [2.05, 4.69) is 21.2 Å². The molecule has 4 nitrogen and oxygen atoms in total. The number of hydrogen-bond donors (Lipinski definition) is 1. The molecular weight excluding hydrogens is 321 g/mol. The fourth-order valence-electron chi connectivity index (χ4n) is 1.90. The molecule has 0 unspecified atom stereocenters.